The van der Waals surface area contributed by atoms with Crippen LogP contribution in [0.5, 0.6) is 0 Å². The highest BCUT2D eigenvalue weighted by atomic mass is 16.5. The maximum atomic E-state index is 12.7. The van der Waals surface area contributed by atoms with Crippen molar-refractivity contribution in [3.05, 3.63) is 53.7 Å². The molecule has 2 aromatic carbocycles. The Hall–Kier alpha value is -3.85. The number of hydrogen-bond acceptors (Lipinski definition) is 8. The summed E-state index contributed by atoms with van der Waals surface area (Å²) >= 11 is 0. The van der Waals surface area contributed by atoms with Crippen molar-refractivity contribution < 1.29 is 23.8 Å². The van der Waals surface area contributed by atoms with Gasteiger partial charge in [-0.15, -0.1) is 0 Å². The average Bonchev–Trinajstić information content (AvgIpc) is 3.30. The third-order valence-electron chi connectivity index (χ3n) is 4.74. The van der Waals surface area contributed by atoms with E-state index in [1.54, 1.807) is 36.4 Å². The van der Waals surface area contributed by atoms with Gasteiger partial charge < -0.3 is 30.2 Å². The van der Waals surface area contributed by atoms with Crippen LogP contribution in [0.4, 0.5) is 11.4 Å². The molecule has 9 heteroatoms. The summed E-state index contributed by atoms with van der Waals surface area (Å²) in [7, 11) is 1.26. The standard InChI is InChI=1S/C21H20N4O5/c1-29-21(28)15-11-25(7-8-26)20(27)18(15)23-14-4-2-3-12(9-14)19-24-16-10-13(22)5-6-17(16)30-19/h2-6,9-10,23,26H,7-8,11,22H2,1H3. The molecular weight excluding hydrogens is 388 g/mol. The number of benzene rings is 2. The number of anilines is 2. The number of methoxy groups -OCH3 is 1. The number of nitrogens with one attached hydrogen (secondary N) is 1. The molecule has 0 bridgehead atoms. The maximum Gasteiger partial charge on any atom is 0.337 e. The Bertz CT molecular complexity index is 1170. The molecule has 0 radical (unpaired) electrons. The zero-order chi connectivity index (χ0) is 21.3. The number of carbonyl (C=O) groups is 2. The highest BCUT2D eigenvalue weighted by Gasteiger charge is 2.34. The quantitative estimate of drug-likeness (QED) is 0.415. The minimum atomic E-state index is -0.598. The van der Waals surface area contributed by atoms with Crippen LogP contribution in [0, 0.1) is 0 Å². The van der Waals surface area contributed by atoms with Gasteiger partial charge in [-0.3, -0.25) is 4.79 Å². The molecule has 0 spiro atoms. The van der Waals surface area contributed by atoms with Crippen LogP contribution in [-0.4, -0.2) is 53.7 Å². The van der Waals surface area contributed by atoms with Crippen LogP contribution < -0.4 is 11.1 Å². The predicted octanol–water partition coefficient (Wildman–Crippen LogP) is 1.75. The minimum absolute atomic E-state index is 0.0701. The Balaban J connectivity index is 1.66. The largest absolute Gasteiger partial charge is 0.466 e. The van der Waals surface area contributed by atoms with E-state index >= 15 is 0 Å². The van der Waals surface area contributed by atoms with Gasteiger partial charge in [0.15, 0.2) is 5.58 Å². The average molecular weight is 408 g/mol. The number of nitrogens with two attached hydrogens (primary N) is 1. The number of nitrogen functional groups attached to an aromatic ring is 1. The van der Waals surface area contributed by atoms with Gasteiger partial charge in [-0.1, -0.05) is 6.07 Å². The van der Waals surface area contributed by atoms with E-state index in [0.717, 1.165) is 0 Å². The molecule has 0 aliphatic carbocycles. The fraction of sp³-hybridized carbons (Fsp3) is 0.190. The predicted molar refractivity (Wildman–Crippen MR) is 110 cm³/mol. The Morgan fingerprint density at radius 1 is 1.33 bits per heavy atom. The first kappa shape index (κ1) is 19.5. The molecule has 0 unspecified atom stereocenters. The Morgan fingerprint density at radius 2 is 2.17 bits per heavy atom. The fourth-order valence-corrected chi connectivity index (χ4v) is 3.29. The van der Waals surface area contributed by atoms with Gasteiger partial charge in [0.1, 0.15) is 11.2 Å². The van der Waals surface area contributed by atoms with Crippen molar-refractivity contribution in [3.63, 3.8) is 0 Å². The number of nitrogens with zero attached hydrogens (tertiary/aromatic N) is 2. The van der Waals surface area contributed by atoms with E-state index in [-0.39, 0.29) is 36.9 Å². The summed E-state index contributed by atoms with van der Waals surface area (Å²) in [4.78, 5) is 30.6. The lowest BCUT2D eigenvalue weighted by molar-refractivity contribution is -0.136. The Kier molecular flexibility index (Phi) is 5.11. The number of aliphatic hydroxyl groups excluding tert-OH is 1. The number of amides is 1. The van der Waals surface area contributed by atoms with Crippen LogP contribution in [-0.2, 0) is 14.3 Å². The summed E-state index contributed by atoms with van der Waals surface area (Å²) in [5, 5.41) is 12.2. The molecule has 1 aliphatic heterocycles. The van der Waals surface area contributed by atoms with Gasteiger partial charge in [0.25, 0.3) is 5.91 Å². The summed E-state index contributed by atoms with van der Waals surface area (Å²) in [6, 6.07) is 12.3. The number of fused-ring (bicyclic) bond motifs is 1. The summed E-state index contributed by atoms with van der Waals surface area (Å²) in [6.07, 6.45) is 0. The van der Waals surface area contributed by atoms with Crippen LogP contribution in [0.3, 0.4) is 0 Å². The van der Waals surface area contributed by atoms with E-state index in [0.29, 0.717) is 33.9 Å². The molecule has 3 aromatic rings. The second-order valence-electron chi connectivity index (χ2n) is 6.75. The van der Waals surface area contributed by atoms with Crippen LogP contribution >= 0.6 is 0 Å². The van der Waals surface area contributed by atoms with Gasteiger partial charge in [0.2, 0.25) is 5.89 Å². The number of aromatic nitrogens is 1. The number of rotatable bonds is 6. The monoisotopic (exact) mass is 408 g/mol. The van der Waals surface area contributed by atoms with Crippen molar-refractivity contribution in [3.8, 4) is 11.5 Å². The van der Waals surface area contributed by atoms with E-state index in [4.69, 9.17) is 20.0 Å². The molecule has 4 rings (SSSR count). The highest BCUT2D eigenvalue weighted by Crippen LogP contribution is 2.29. The van der Waals surface area contributed by atoms with E-state index < -0.39 is 5.97 Å². The molecular formula is C21H20N4O5. The van der Waals surface area contributed by atoms with Crippen LogP contribution in [0.1, 0.15) is 0 Å². The molecule has 2 heterocycles. The molecule has 1 aromatic heterocycles. The zero-order valence-corrected chi connectivity index (χ0v) is 16.2. The Labute approximate surface area is 171 Å². The van der Waals surface area contributed by atoms with Crippen LogP contribution in [0.25, 0.3) is 22.6 Å². The zero-order valence-electron chi connectivity index (χ0n) is 16.2. The maximum absolute atomic E-state index is 12.7. The van der Waals surface area contributed by atoms with E-state index in [1.165, 1.54) is 12.0 Å². The number of oxazole rings is 1. The van der Waals surface area contributed by atoms with Crippen LogP contribution in [0.15, 0.2) is 58.2 Å². The number of carbonyl (C=O) groups excluding carboxylic acids is 2. The first-order valence-electron chi connectivity index (χ1n) is 9.25. The summed E-state index contributed by atoms with van der Waals surface area (Å²) in [5.74, 6) is -0.577. The summed E-state index contributed by atoms with van der Waals surface area (Å²) < 4.78 is 10.6. The lowest BCUT2D eigenvalue weighted by Crippen LogP contribution is -2.31. The van der Waals surface area contributed by atoms with Crippen molar-refractivity contribution >= 4 is 34.4 Å². The van der Waals surface area contributed by atoms with Crippen molar-refractivity contribution in [1.82, 2.24) is 9.88 Å². The number of aliphatic hydroxyl groups is 1. The number of hydrogen-bond donors (Lipinski definition) is 3. The first-order valence-corrected chi connectivity index (χ1v) is 9.25. The van der Waals surface area contributed by atoms with Gasteiger partial charge in [-0.2, -0.15) is 0 Å². The van der Waals surface area contributed by atoms with Gasteiger partial charge >= 0.3 is 5.97 Å². The molecule has 9 nitrogen and oxygen atoms in total. The summed E-state index contributed by atoms with van der Waals surface area (Å²) in [6.45, 7) is -0.0115. The smallest absolute Gasteiger partial charge is 0.337 e. The second-order valence-corrected chi connectivity index (χ2v) is 6.75. The third kappa shape index (κ3) is 3.58. The normalized spacial score (nSPS) is 13.9. The molecule has 0 saturated carbocycles. The third-order valence-corrected chi connectivity index (χ3v) is 4.74. The van der Waals surface area contributed by atoms with Gasteiger partial charge in [-0.25, -0.2) is 9.78 Å². The van der Waals surface area contributed by atoms with Crippen LogP contribution in [0.2, 0.25) is 0 Å². The lowest BCUT2D eigenvalue weighted by Gasteiger charge is -2.15. The molecule has 0 atom stereocenters. The first-order chi connectivity index (χ1) is 14.5. The summed E-state index contributed by atoms with van der Waals surface area (Å²) in [5.41, 5.74) is 9.23. The molecule has 1 aliphatic rings. The van der Waals surface area contributed by atoms with E-state index in [1.807, 2.05) is 6.07 Å². The fourth-order valence-electron chi connectivity index (χ4n) is 3.29. The van der Waals surface area contributed by atoms with E-state index in [9.17, 15) is 9.59 Å². The number of esters is 1. The van der Waals surface area contributed by atoms with Crippen molar-refractivity contribution in [2.75, 3.05) is 37.9 Å². The minimum Gasteiger partial charge on any atom is -0.466 e. The van der Waals surface area contributed by atoms with E-state index in [2.05, 4.69) is 10.3 Å². The molecule has 154 valence electrons. The molecule has 4 N–H and O–H groups in total. The van der Waals surface area contributed by atoms with Crippen molar-refractivity contribution in [2.45, 2.75) is 0 Å². The topological polar surface area (TPSA) is 131 Å². The highest BCUT2D eigenvalue weighted by molar-refractivity contribution is 6.08. The van der Waals surface area contributed by atoms with Crippen molar-refractivity contribution in [2.24, 2.45) is 0 Å². The molecule has 30 heavy (non-hydrogen) atoms. The molecule has 0 saturated heterocycles. The van der Waals surface area contributed by atoms with Crippen molar-refractivity contribution in [1.29, 1.82) is 0 Å². The molecule has 1 amide bonds. The lowest BCUT2D eigenvalue weighted by atomic mass is 10.1. The SMILES string of the molecule is COC(=O)C1=C(Nc2cccc(-c3nc4cc(N)ccc4o3)c2)C(=O)N(CCO)C1. The number of β-amino-alcohol motifs (C(OH)–C–C–N with tert-alkyl or cyclic N) is 1. The Morgan fingerprint density at radius 3 is 2.93 bits per heavy atom. The molecule has 0 fully saturated rings. The second kappa shape index (κ2) is 7.88. The van der Waals surface area contributed by atoms with Gasteiger partial charge in [0, 0.05) is 23.5 Å². The van der Waals surface area contributed by atoms with Gasteiger partial charge in [-0.05, 0) is 36.4 Å². The number of ether oxygens (including phenoxy) is 1. The van der Waals surface area contributed by atoms with Gasteiger partial charge in [0.05, 0.1) is 25.8 Å².